The number of nitrogens with zero attached hydrogens (tertiary/aromatic N) is 3. The third-order valence-electron chi connectivity index (χ3n) is 3.46. The number of amides is 1. The van der Waals surface area contributed by atoms with Crippen LogP contribution in [0.5, 0.6) is 0 Å². The molecule has 20 heavy (non-hydrogen) atoms. The second kappa shape index (κ2) is 7.21. The number of carbonyl (C=O) groups is 1. The Morgan fingerprint density at radius 3 is 2.80 bits per heavy atom. The summed E-state index contributed by atoms with van der Waals surface area (Å²) in [5, 5.41) is 11.8. The molecule has 1 saturated heterocycles. The second-order valence-electron chi connectivity index (χ2n) is 4.79. The minimum atomic E-state index is -0.0756. The highest BCUT2D eigenvalue weighted by Crippen LogP contribution is 2.18. The van der Waals surface area contributed by atoms with Crippen LogP contribution in [0.2, 0.25) is 0 Å². The summed E-state index contributed by atoms with van der Waals surface area (Å²) in [5.41, 5.74) is 0.630. The fourth-order valence-corrected chi connectivity index (χ4v) is 2.41. The number of aliphatic hydroxyl groups is 1. The first-order valence-electron chi connectivity index (χ1n) is 7.07. The smallest absolute Gasteiger partial charge is 0.255 e. The molecule has 0 saturated carbocycles. The maximum absolute atomic E-state index is 12.1. The predicted molar refractivity (Wildman–Crippen MR) is 78.0 cm³/mol. The molecule has 1 aliphatic heterocycles. The number of aliphatic hydroxyl groups excluding tert-OH is 1. The van der Waals surface area contributed by atoms with Crippen LogP contribution in [-0.4, -0.2) is 66.8 Å². The Balaban J connectivity index is 2.08. The number of carbonyl (C=O) groups excluding carboxylic acids is 1. The number of hydrogen-bond acceptors (Lipinski definition) is 5. The van der Waals surface area contributed by atoms with E-state index in [0.717, 1.165) is 32.0 Å². The Morgan fingerprint density at radius 2 is 2.15 bits per heavy atom. The highest BCUT2D eigenvalue weighted by Gasteiger charge is 2.21. The zero-order chi connectivity index (χ0) is 14.4. The molecule has 1 aromatic rings. The molecule has 1 aromatic heterocycles. The SMILES string of the molecule is CCNC(=O)c1cccnc1N1CCN(CCO)CC1. The van der Waals surface area contributed by atoms with E-state index < -0.39 is 0 Å². The van der Waals surface area contributed by atoms with Crippen molar-refractivity contribution < 1.29 is 9.90 Å². The number of piperazine rings is 1. The Kier molecular flexibility index (Phi) is 5.31. The van der Waals surface area contributed by atoms with Gasteiger partial charge in [-0.15, -0.1) is 0 Å². The van der Waals surface area contributed by atoms with Crippen LogP contribution in [0.1, 0.15) is 17.3 Å². The Labute approximate surface area is 119 Å². The van der Waals surface area contributed by atoms with Crippen LogP contribution in [0.4, 0.5) is 5.82 Å². The molecule has 2 N–H and O–H groups in total. The van der Waals surface area contributed by atoms with Crippen molar-refractivity contribution in [2.24, 2.45) is 0 Å². The van der Waals surface area contributed by atoms with Gasteiger partial charge < -0.3 is 15.3 Å². The lowest BCUT2D eigenvalue weighted by Crippen LogP contribution is -2.48. The number of nitrogens with one attached hydrogen (secondary N) is 1. The van der Waals surface area contributed by atoms with E-state index in [-0.39, 0.29) is 12.5 Å². The number of aromatic nitrogens is 1. The molecule has 0 unspecified atom stereocenters. The minimum Gasteiger partial charge on any atom is -0.395 e. The zero-order valence-corrected chi connectivity index (χ0v) is 11.9. The lowest BCUT2D eigenvalue weighted by Gasteiger charge is -2.35. The maximum Gasteiger partial charge on any atom is 0.255 e. The largest absolute Gasteiger partial charge is 0.395 e. The highest BCUT2D eigenvalue weighted by atomic mass is 16.3. The summed E-state index contributed by atoms with van der Waals surface area (Å²) in [7, 11) is 0. The van der Waals surface area contributed by atoms with E-state index in [9.17, 15) is 4.79 Å². The minimum absolute atomic E-state index is 0.0756. The molecule has 0 aliphatic carbocycles. The van der Waals surface area contributed by atoms with Gasteiger partial charge in [-0.05, 0) is 19.1 Å². The molecule has 0 bridgehead atoms. The van der Waals surface area contributed by atoms with Gasteiger partial charge in [0, 0.05) is 45.5 Å². The Hall–Kier alpha value is -1.66. The van der Waals surface area contributed by atoms with Crippen LogP contribution >= 0.6 is 0 Å². The van der Waals surface area contributed by atoms with Gasteiger partial charge >= 0.3 is 0 Å². The molecule has 1 amide bonds. The molecule has 1 aliphatic rings. The number of anilines is 1. The van der Waals surface area contributed by atoms with E-state index in [1.807, 2.05) is 13.0 Å². The van der Waals surface area contributed by atoms with Crippen molar-refractivity contribution in [3.8, 4) is 0 Å². The van der Waals surface area contributed by atoms with Gasteiger partial charge in [0.2, 0.25) is 0 Å². The van der Waals surface area contributed by atoms with E-state index in [1.165, 1.54) is 0 Å². The van der Waals surface area contributed by atoms with E-state index >= 15 is 0 Å². The third kappa shape index (κ3) is 3.46. The van der Waals surface area contributed by atoms with Crippen LogP contribution in [0.3, 0.4) is 0 Å². The number of pyridine rings is 1. The van der Waals surface area contributed by atoms with Gasteiger partial charge in [0.25, 0.3) is 5.91 Å². The van der Waals surface area contributed by atoms with E-state index in [4.69, 9.17) is 5.11 Å². The van der Waals surface area contributed by atoms with Crippen molar-refractivity contribution in [3.05, 3.63) is 23.9 Å². The lowest BCUT2D eigenvalue weighted by atomic mass is 10.2. The molecular formula is C14H22N4O2. The molecule has 0 atom stereocenters. The molecule has 6 nitrogen and oxygen atoms in total. The average Bonchev–Trinajstić information content (AvgIpc) is 2.49. The number of β-amino-alcohol motifs (C(OH)–C–C–N with tert-alkyl or cyclic N) is 1. The molecule has 1 fully saturated rings. The monoisotopic (exact) mass is 278 g/mol. The van der Waals surface area contributed by atoms with Crippen LogP contribution < -0.4 is 10.2 Å². The third-order valence-corrected chi connectivity index (χ3v) is 3.46. The summed E-state index contributed by atoms with van der Waals surface area (Å²) < 4.78 is 0. The van der Waals surface area contributed by atoms with Crippen molar-refractivity contribution in [3.63, 3.8) is 0 Å². The van der Waals surface area contributed by atoms with Gasteiger partial charge in [-0.2, -0.15) is 0 Å². The summed E-state index contributed by atoms with van der Waals surface area (Å²) in [4.78, 5) is 20.8. The maximum atomic E-state index is 12.1. The van der Waals surface area contributed by atoms with Gasteiger partial charge in [0.1, 0.15) is 5.82 Å². The van der Waals surface area contributed by atoms with Crippen molar-refractivity contribution >= 4 is 11.7 Å². The number of rotatable bonds is 5. The molecular weight excluding hydrogens is 256 g/mol. The van der Waals surface area contributed by atoms with Gasteiger partial charge in [-0.25, -0.2) is 4.98 Å². The standard InChI is InChI=1S/C14H22N4O2/c1-2-15-14(20)12-4-3-5-16-13(12)18-8-6-17(7-9-18)10-11-19/h3-5,19H,2,6-11H2,1H3,(H,15,20). The van der Waals surface area contributed by atoms with Crippen LogP contribution in [-0.2, 0) is 0 Å². The summed E-state index contributed by atoms with van der Waals surface area (Å²) >= 11 is 0. The van der Waals surface area contributed by atoms with Crippen molar-refractivity contribution in [1.82, 2.24) is 15.2 Å². The molecule has 2 rings (SSSR count). The molecule has 0 spiro atoms. The van der Waals surface area contributed by atoms with Crippen LogP contribution in [0, 0.1) is 0 Å². The summed E-state index contributed by atoms with van der Waals surface area (Å²) in [6.45, 7) is 6.82. The van der Waals surface area contributed by atoms with E-state index in [2.05, 4.69) is 20.1 Å². The van der Waals surface area contributed by atoms with E-state index in [0.29, 0.717) is 18.7 Å². The summed E-state index contributed by atoms with van der Waals surface area (Å²) in [5.74, 6) is 0.676. The first kappa shape index (κ1) is 14.7. The van der Waals surface area contributed by atoms with E-state index in [1.54, 1.807) is 12.3 Å². The van der Waals surface area contributed by atoms with Crippen molar-refractivity contribution in [2.45, 2.75) is 6.92 Å². The normalized spacial score (nSPS) is 16.2. The van der Waals surface area contributed by atoms with Crippen molar-refractivity contribution in [2.75, 3.05) is 50.8 Å². The topological polar surface area (TPSA) is 68.7 Å². The molecule has 0 radical (unpaired) electrons. The molecule has 2 heterocycles. The first-order valence-corrected chi connectivity index (χ1v) is 7.07. The fourth-order valence-electron chi connectivity index (χ4n) is 2.41. The lowest BCUT2D eigenvalue weighted by molar-refractivity contribution is 0.0956. The molecule has 110 valence electrons. The predicted octanol–water partition coefficient (Wildman–Crippen LogP) is -0.0544. The molecule has 0 aromatic carbocycles. The zero-order valence-electron chi connectivity index (χ0n) is 11.9. The van der Waals surface area contributed by atoms with Gasteiger partial charge in [-0.1, -0.05) is 0 Å². The molecule has 6 heteroatoms. The summed E-state index contributed by atoms with van der Waals surface area (Å²) in [6.07, 6.45) is 1.72. The fraction of sp³-hybridized carbons (Fsp3) is 0.571. The highest BCUT2D eigenvalue weighted by molar-refractivity contribution is 5.98. The van der Waals surface area contributed by atoms with Crippen LogP contribution in [0.25, 0.3) is 0 Å². The first-order chi connectivity index (χ1) is 9.76. The van der Waals surface area contributed by atoms with Gasteiger partial charge in [0.15, 0.2) is 0 Å². The van der Waals surface area contributed by atoms with Crippen LogP contribution in [0.15, 0.2) is 18.3 Å². The quantitative estimate of drug-likeness (QED) is 0.790. The van der Waals surface area contributed by atoms with Gasteiger partial charge in [-0.3, -0.25) is 9.69 Å². The Bertz CT molecular complexity index is 445. The number of hydrogen-bond donors (Lipinski definition) is 2. The average molecular weight is 278 g/mol. The Morgan fingerprint density at radius 1 is 1.40 bits per heavy atom. The second-order valence-corrected chi connectivity index (χ2v) is 4.79. The summed E-state index contributed by atoms with van der Waals surface area (Å²) in [6, 6.07) is 3.60. The van der Waals surface area contributed by atoms with Gasteiger partial charge in [0.05, 0.1) is 12.2 Å². The van der Waals surface area contributed by atoms with Crippen molar-refractivity contribution in [1.29, 1.82) is 0 Å².